The van der Waals surface area contributed by atoms with Crippen LogP contribution in [0.25, 0.3) is 0 Å². The van der Waals surface area contributed by atoms with Crippen LogP contribution in [0, 0.1) is 12.8 Å². The van der Waals surface area contributed by atoms with E-state index in [0.29, 0.717) is 11.3 Å². The summed E-state index contributed by atoms with van der Waals surface area (Å²) in [5.74, 6) is 1.80. The van der Waals surface area contributed by atoms with Crippen molar-refractivity contribution in [1.82, 2.24) is 9.97 Å². The lowest BCUT2D eigenvalue weighted by atomic mass is 10.2. The van der Waals surface area contributed by atoms with Crippen LogP contribution in [-0.2, 0) is 0 Å². The summed E-state index contributed by atoms with van der Waals surface area (Å²) < 4.78 is 0. The van der Waals surface area contributed by atoms with E-state index in [1.165, 1.54) is 12.8 Å². The highest BCUT2D eigenvalue weighted by molar-refractivity contribution is 6.28. The molecule has 0 amide bonds. The van der Waals surface area contributed by atoms with Crippen LogP contribution in [0.3, 0.4) is 0 Å². The Morgan fingerprint density at radius 2 is 2.12 bits per heavy atom. The molecule has 0 bridgehead atoms. The van der Waals surface area contributed by atoms with Crippen molar-refractivity contribution in [1.29, 1.82) is 0 Å². The molecule has 3 nitrogen and oxygen atoms in total. The van der Waals surface area contributed by atoms with Gasteiger partial charge in [0.2, 0.25) is 5.28 Å². The average molecular weight is 240 g/mol. The van der Waals surface area contributed by atoms with Crippen LogP contribution in [0.1, 0.15) is 32.4 Å². The lowest BCUT2D eigenvalue weighted by Gasteiger charge is -2.28. The van der Waals surface area contributed by atoms with E-state index in [2.05, 4.69) is 28.7 Å². The summed E-state index contributed by atoms with van der Waals surface area (Å²) >= 11 is 5.90. The zero-order valence-electron chi connectivity index (χ0n) is 10.1. The maximum Gasteiger partial charge on any atom is 0.224 e. The Hall–Kier alpha value is -0.830. The minimum atomic E-state index is 0.344. The highest BCUT2D eigenvalue weighted by Crippen LogP contribution is 2.32. The lowest BCUT2D eigenvalue weighted by molar-refractivity contribution is 0.635. The Kier molecular flexibility index (Phi) is 3.33. The van der Waals surface area contributed by atoms with Gasteiger partial charge in [-0.3, -0.25) is 0 Å². The van der Waals surface area contributed by atoms with Crippen LogP contribution >= 0.6 is 11.6 Å². The summed E-state index contributed by atoms with van der Waals surface area (Å²) in [6.45, 7) is 7.42. The average Bonchev–Trinajstić information content (AvgIpc) is 2.95. The minimum absolute atomic E-state index is 0.344. The quantitative estimate of drug-likeness (QED) is 0.757. The summed E-state index contributed by atoms with van der Waals surface area (Å²) in [6.07, 6.45) is 2.70. The Morgan fingerprint density at radius 3 is 2.62 bits per heavy atom. The van der Waals surface area contributed by atoms with Gasteiger partial charge >= 0.3 is 0 Å². The van der Waals surface area contributed by atoms with Gasteiger partial charge in [0.15, 0.2) is 0 Å². The molecule has 0 N–H and O–H groups in total. The number of aryl methyl sites for hydroxylation is 1. The highest BCUT2D eigenvalue weighted by Gasteiger charge is 2.26. The molecular formula is C12H18ClN3. The molecule has 0 radical (unpaired) electrons. The van der Waals surface area contributed by atoms with E-state index in [9.17, 15) is 0 Å². The van der Waals surface area contributed by atoms with Crippen molar-refractivity contribution < 1.29 is 0 Å². The highest BCUT2D eigenvalue weighted by atomic mass is 35.5. The minimum Gasteiger partial charge on any atom is -0.354 e. The second kappa shape index (κ2) is 4.58. The summed E-state index contributed by atoms with van der Waals surface area (Å²) in [5, 5.41) is 0.344. The zero-order valence-corrected chi connectivity index (χ0v) is 10.8. The topological polar surface area (TPSA) is 29.0 Å². The lowest BCUT2D eigenvalue weighted by Crippen LogP contribution is -2.33. The third-order valence-corrected chi connectivity index (χ3v) is 3.05. The first-order valence-electron chi connectivity index (χ1n) is 5.84. The van der Waals surface area contributed by atoms with Gasteiger partial charge in [-0.25, -0.2) is 9.97 Å². The fourth-order valence-corrected chi connectivity index (χ4v) is 2.03. The number of hydrogen-bond donors (Lipinski definition) is 0. The van der Waals surface area contributed by atoms with E-state index in [-0.39, 0.29) is 0 Å². The molecule has 0 spiro atoms. The third-order valence-electron chi connectivity index (χ3n) is 2.88. The van der Waals surface area contributed by atoms with Gasteiger partial charge < -0.3 is 4.90 Å². The van der Waals surface area contributed by atoms with Gasteiger partial charge in [0, 0.05) is 24.3 Å². The Morgan fingerprint density at radius 1 is 1.44 bits per heavy atom. The summed E-state index contributed by atoms with van der Waals surface area (Å²) in [7, 11) is 0. The standard InChI is InChI=1S/C12H18ClN3/c1-8(2)16(7-10-4-5-10)11-6-9(3)14-12(13)15-11/h6,8,10H,4-5,7H2,1-3H3. The van der Waals surface area contributed by atoms with Gasteiger partial charge in [0.25, 0.3) is 0 Å². The summed E-state index contributed by atoms with van der Waals surface area (Å²) in [5.41, 5.74) is 0.927. The molecule has 0 saturated heterocycles. The van der Waals surface area contributed by atoms with Crippen LogP contribution in [0.5, 0.6) is 0 Å². The van der Waals surface area contributed by atoms with E-state index < -0.39 is 0 Å². The monoisotopic (exact) mass is 239 g/mol. The molecule has 0 aliphatic heterocycles. The maximum absolute atomic E-state index is 5.90. The predicted octanol–water partition coefficient (Wildman–Crippen LogP) is 3.06. The van der Waals surface area contributed by atoms with E-state index >= 15 is 0 Å². The van der Waals surface area contributed by atoms with Gasteiger partial charge in [0.05, 0.1) is 0 Å². The Labute approximate surface area is 102 Å². The van der Waals surface area contributed by atoms with Gasteiger partial charge in [-0.05, 0) is 51.1 Å². The van der Waals surface area contributed by atoms with Gasteiger partial charge in [0.1, 0.15) is 5.82 Å². The molecular weight excluding hydrogens is 222 g/mol. The number of halogens is 1. The SMILES string of the molecule is Cc1cc(N(CC2CC2)C(C)C)nc(Cl)n1. The smallest absolute Gasteiger partial charge is 0.224 e. The number of rotatable bonds is 4. The first-order valence-corrected chi connectivity index (χ1v) is 6.22. The summed E-state index contributed by atoms with van der Waals surface area (Å²) in [4.78, 5) is 10.7. The number of nitrogens with zero attached hydrogens (tertiary/aromatic N) is 3. The predicted molar refractivity (Wildman–Crippen MR) is 67.0 cm³/mol. The van der Waals surface area contributed by atoms with Crippen molar-refractivity contribution >= 4 is 17.4 Å². The van der Waals surface area contributed by atoms with Crippen molar-refractivity contribution in [3.63, 3.8) is 0 Å². The first kappa shape index (κ1) is 11.6. The molecule has 0 aromatic carbocycles. The molecule has 2 rings (SSSR count). The fourth-order valence-electron chi connectivity index (χ4n) is 1.81. The van der Waals surface area contributed by atoms with Gasteiger partial charge in [-0.2, -0.15) is 0 Å². The molecule has 1 aliphatic carbocycles. The van der Waals surface area contributed by atoms with Crippen LogP contribution in [0.15, 0.2) is 6.07 Å². The fraction of sp³-hybridized carbons (Fsp3) is 0.667. The molecule has 1 saturated carbocycles. The number of aromatic nitrogens is 2. The number of hydrogen-bond acceptors (Lipinski definition) is 3. The zero-order chi connectivity index (χ0) is 11.7. The van der Waals surface area contributed by atoms with Crippen molar-refractivity contribution in [2.75, 3.05) is 11.4 Å². The molecule has 1 aliphatic rings. The van der Waals surface area contributed by atoms with Crippen LogP contribution < -0.4 is 4.90 Å². The van der Waals surface area contributed by atoms with Crippen LogP contribution in [0.4, 0.5) is 5.82 Å². The number of anilines is 1. The molecule has 16 heavy (non-hydrogen) atoms. The van der Waals surface area contributed by atoms with E-state index in [1.54, 1.807) is 0 Å². The molecule has 1 heterocycles. The van der Waals surface area contributed by atoms with Crippen molar-refractivity contribution in [3.05, 3.63) is 17.0 Å². The first-order chi connectivity index (χ1) is 7.56. The molecule has 88 valence electrons. The van der Waals surface area contributed by atoms with Crippen molar-refractivity contribution in [2.45, 2.75) is 39.7 Å². The van der Waals surface area contributed by atoms with Crippen LogP contribution in [0.2, 0.25) is 5.28 Å². The van der Waals surface area contributed by atoms with Gasteiger partial charge in [-0.15, -0.1) is 0 Å². The molecule has 1 fully saturated rings. The van der Waals surface area contributed by atoms with E-state index in [0.717, 1.165) is 24.0 Å². The molecule has 4 heteroatoms. The van der Waals surface area contributed by atoms with E-state index in [1.807, 2.05) is 13.0 Å². The van der Waals surface area contributed by atoms with Crippen LogP contribution in [-0.4, -0.2) is 22.6 Å². The van der Waals surface area contributed by atoms with Crippen molar-refractivity contribution in [3.8, 4) is 0 Å². The summed E-state index contributed by atoms with van der Waals surface area (Å²) in [6, 6.07) is 2.46. The van der Waals surface area contributed by atoms with E-state index in [4.69, 9.17) is 11.6 Å². The Balaban J connectivity index is 2.22. The molecule has 0 unspecified atom stereocenters. The maximum atomic E-state index is 5.90. The second-order valence-electron chi connectivity index (χ2n) is 4.83. The Bertz CT molecular complexity index is 354. The van der Waals surface area contributed by atoms with Crippen molar-refractivity contribution in [2.24, 2.45) is 5.92 Å². The molecule has 0 atom stereocenters. The second-order valence-corrected chi connectivity index (χ2v) is 5.16. The molecule has 1 aromatic heterocycles. The largest absolute Gasteiger partial charge is 0.354 e. The normalized spacial score (nSPS) is 15.6. The van der Waals surface area contributed by atoms with Gasteiger partial charge in [-0.1, -0.05) is 0 Å². The third kappa shape index (κ3) is 2.85. The molecule has 1 aromatic rings.